The van der Waals surface area contributed by atoms with Crippen LogP contribution in [0.1, 0.15) is 38.7 Å². The predicted molar refractivity (Wildman–Crippen MR) is 95.3 cm³/mol. The predicted octanol–water partition coefficient (Wildman–Crippen LogP) is 4.97. The van der Waals surface area contributed by atoms with Crippen molar-refractivity contribution < 1.29 is 18.0 Å². The molecule has 25 heavy (non-hydrogen) atoms. The van der Waals surface area contributed by atoms with Crippen molar-refractivity contribution in [2.45, 2.75) is 45.8 Å². The Bertz CT molecular complexity index is 634. The smallest absolute Gasteiger partial charge is 0.353 e. The maximum absolute atomic E-state index is 13.2. The van der Waals surface area contributed by atoms with Crippen molar-refractivity contribution in [2.75, 3.05) is 12.4 Å². The molecule has 2 N–H and O–H groups in total. The second kappa shape index (κ2) is 10.0. The van der Waals surface area contributed by atoms with Gasteiger partial charge in [0.2, 0.25) is 0 Å². The van der Waals surface area contributed by atoms with Crippen LogP contribution in [-0.2, 0) is 11.3 Å². The van der Waals surface area contributed by atoms with Crippen LogP contribution in [0.2, 0.25) is 0 Å². The van der Waals surface area contributed by atoms with Gasteiger partial charge < -0.3 is 10.6 Å². The minimum absolute atomic E-state index is 0.0412. The molecule has 3 nitrogen and oxygen atoms in total. The molecular formula is C19H25F3N2O. The summed E-state index contributed by atoms with van der Waals surface area (Å²) in [6.45, 7) is 4.07. The molecule has 0 bridgehead atoms. The third-order valence-corrected chi connectivity index (χ3v) is 3.42. The molecule has 0 saturated carbocycles. The third-order valence-electron chi connectivity index (χ3n) is 3.42. The van der Waals surface area contributed by atoms with Gasteiger partial charge in [-0.2, -0.15) is 13.2 Å². The van der Waals surface area contributed by atoms with Crippen molar-refractivity contribution in [1.29, 1.82) is 0 Å². The van der Waals surface area contributed by atoms with Gasteiger partial charge in [0, 0.05) is 18.7 Å². The molecule has 0 aliphatic carbocycles. The SMILES string of the molecule is CC/C=C(/C=C(\Nc1cccc(CNC)c1)C(=O)CCC)C(F)(F)F. The second-order valence-corrected chi connectivity index (χ2v) is 5.65. The summed E-state index contributed by atoms with van der Waals surface area (Å²) in [5, 5.41) is 5.88. The molecule has 1 aromatic rings. The molecule has 0 heterocycles. The Morgan fingerprint density at radius 3 is 2.52 bits per heavy atom. The first-order valence-electron chi connectivity index (χ1n) is 8.34. The van der Waals surface area contributed by atoms with Gasteiger partial charge in [-0.05, 0) is 43.7 Å². The lowest BCUT2D eigenvalue weighted by molar-refractivity contribution is -0.115. The Labute approximate surface area is 147 Å². The van der Waals surface area contributed by atoms with E-state index in [1.807, 2.05) is 13.0 Å². The van der Waals surface area contributed by atoms with E-state index >= 15 is 0 Å². The van der Waals surface area contributed by atoms with E-state index in [1.165, 1.54) is 0 Å². The van der Waals surface area contributed by atoms with Gasteiger partial charge in [0.1, 0.15) is 0 Å². The lowest BCUT2D eigenvalue weighted by atomic mass is 10.1. The lowest BCUT2D eigenvalue weighted by Gasteiger charge is -2.14. The molecule has 0 saturated heterocycles. The fourth-order valence-corrected chi connectivity index (χ4v) is 2.30. The second-order valence-electron chi connectivity index (χ2n) is 5.65. The minimum Gasteiger partial charge on any atom is -0.353 e. The highest BCUT2D eigenvalue weighted by molar-refractivity contribution is 5.98. The topological polar surface area (TPSA) is 41.1 Å². The fourth-order valence-electron chi connectivity index (χ4n) is 2.30. The van der Waals surface area contributed by atoms with Crippen LogP contribution in [0.25, 0.3) is 0 Å². The first-order valence-corrected chi connectivity index (χ1v) is 8.34. The number of Topliss-reactive ketones (excluding diaryl/α,β-unsaturated/α-hetero) is 1. The van der Waals surface area contributed by atoms with Crippen LogP contribution in [-0.4, -0.2) is 19.0 Å². The highest BCUT2D eigenvalue weighted by Crippen LogP contribution is 2.28. The zero-order valence-corrected chi connectivity index (χ0v) is 14.8. The summed E-state index contributed by atoms with van der Waals surface area (Å²) in [7, 11) is 1.81. The zero-order valence-electron chi connectivity index (χ0n) is 14.8. The van der Waals surface area contributed by atoms with Gasteiger partial charge in [-0.25, -0.2) is 0 Å². The van der Waals surface area contributed by atoms with Crippen LogP contribution in [0, 0.1) is 0 Å². The van der Waals surface area contributed by atoms with Crippen molar-refractivity contribution >= 4 is 11.5 Å². The summed E-state index contributed by atoms with van der Waals surface area (Å²) in [5.74, 6) is -0.340. The number of halogens is 3. The summed E-state index contributed by atoms with van der Waals surface area (Å²) < 4.78 is 39.5. The lowest BCUT2D eigenvalue weighted by Crippen LogP contribution is -2.16. The minimum atomic E-state index is -4.50. The standard InChI is InChI=1S/C19H25F3N2O/c1-4-7-15(19(20,21)22)12-17(18(25)8-5-2)24-16-10-6-9-14(11-16)13-23-3/h6-7,9-12,23-24H,4-5,8,13H2,1-3H3/b15-7-,17-12-. The van der Waals surface area contributed by atoms with E-state index in [2.05, 4.69) is 10.6 Å². The maximum Gasteiger partial charge on any atom is 0.416 e. The van der Waals surface area contributed by atoms with Crippen LogP contribution >= 0.6 is 0 Å². The number of carbonyl (C=O) groups excluding carboxylic acids is 1. The molecule has 0 aromatic heterocycles. The highest BCUT2D eigenvalue weighted by Gasteiger charge is 2.32. The number of alkyl halides is 3. The van der Waals surface area contributed by atoms with E-state index in [0.717, 1.165) is 17.7 Å². The number of benzene rings is 1. The number of rotatable bonds is 9. The maximum atomic E-state index is 13.2. The molecule has 0 fully saturated rings. The molecule has 0 aliphatic rings. The van der Waals surface area contributed by atoms with E-state index in [0.29, 0.717) is 18.7 Å². The average molecular weight is 354 g/mol. The van der Waals surface area contributed by atoms with Crippen molar-refractivity contribution in [1.82, 2.24) is 5.32 Å². The Hall–Kier alpha value is -2.08. The highest BCUT2D eigenvalue weighted by atomic mass is 19.4. The normalized spacial score (nSPS) is 13.0. The fraction of sp³-hybridized carbons (Fsp3) is 0.421. The number of nitrogens with one attached hydrogen (secondary N) is 2. The Kier molecular flexibility index (Phi) is 8.41. The summed E-state index contributed by atoms with van der Waals surface area (Å²) in [4.78, 5) is 12.3. The Morgan fingerprint density at radius 2 is 1.96 bits per heavy atom. The quantitative estimate of drug-likeness (QED) is 0.486. The van der Waals surface area contributed by atoms with Gasteiger partial charge in [-0.1, -0.05) is 32.1 Å². The first-order chi connectivity index (χ1) is 11.8. The third kappa shape index (κ3) is 7.13. The molecule has 0 unspecified atom stereocenters. The van der Waals surface area contributed by atoms with Crippen molar-refractivity contribution in [3.63, 3.8) is 0 Å². The summed E-state index contributed by atoms with van der Waals surface area (Å²) in [6, 6.07) is 7.23. The van der Waals surface area contributed by atoms with Crippen molar-refractivity contribution in [3.05, 3.63) is 53.3 Å². The monoisotopic (exact) mass is 354 g/mol. The molecule has 0 amide bonds. The van der Waals surface area contributed by atoms with E-state index in [4.69, 9.17) is 0 Å². The number of hydrogen-bond donors (Lipinski definition) is 2. The van der Waals surface area contributed by atoms with E-state index < -0.39 is 11.7 Å². The van der Waals surface area contributed by atoms with Gasteiger partial charge >= 0.3 is 6.18 Å². The van der Waals surface area contributed by atoms with E-state index in [-0.39, 0.29) is 24.3 Å². The largest absolute Gasteiger partial charge is 0.416 e. The van der Waals surface area contributed by atoms with Gasteiger partial charge in [0.25, 0.3) is 0 Å². The molecule has 0 spiro atoms. The summed E-state index contributed by atoms with van der Waals surface area (Å²) in [5.41, 5.74) is 0.699. The van der Waals surface area contributed by atoms with Crippen molar-refractivity contribution in [2.24, 2.45) is 0 Å². The van der Waals surface area contributed by atoms with Gasteiger partial charge in [0.05, 0.1) is 11.3 Å². The van der Waals surface area contributed by atoms with E-state index in [9.17, 15) is 18.0 Å². The molecule has 6 heteroatoms. The van der Waals surface area contributed by atoms with Crippen molar-refractivity contribution in [3.8, 4) is 0 Å². The first kappa shape index (κ1) is 21.0. The molecule has 0 atom stereocenters. The number of ketones is 1. The van der Waals surface area contributed by atoms with Crippen LogP contribution in [0.3, 0.4) is 0 Å². The van der Waals surface area contributed by atoms with Crippen LogP contribution in [0.5, 0.6) is 0 Å². The molecule has 0 radical (unpaired) electrons. The zero-order chi connectivity index (χ0) is 18.9. The number of anilines is 1. The number of allylic oxidation sites excluding steroid dienone is 4. The molecule has 0 aliphatic heterocycles. The summed E-state index contributed by atoms with van der Waals surface area (Å²) in [6.07, 6.45) is -1.52. The number of carbonyl (C=O) groups is 1. The Balaban J connectivity index is 3.20. The molecule has 1 rings (SSSR count). The number of hydrogen-bond acceptors (Lipinski definition) is 3. The molecule has 138 valence electrons. The van der Waals surface area contributed by atoms with E-state index in [1.54, 1.807) is 32.2 Å². The van der Waals surface area contributed by atoms with Crippen LogP contribution in [0.15, 0.2) is 47.7 Å². The van der Waals surface area contributed by atoms with Gasteiger partial charge in [-0.15, -0.1) is 0 Å². The van der Waals surface area contributed by atoms with Gasteiger partial charge in [0.15, 0.2) is 5.78 Å². The molecular weight excluding hydrogens is 329 g/mol. The summed E-state index contributed by atoms with van der Waals surface area (Å²) >= 11 is 0. The van der Waals surface area contributed by atoms with Crippen LogP contribution < -0.4 is 10.6 Å². The van der Waals surface area contributed by atoms with Crippen LogP contribution in [0.4, 0.5) is 18.9 Å². The van der Waals surface area contributed by atoms with Gasteiger partial charge in [-0.3, -0.25) is 4.79 Å². The average Bonchev–Trinajstić information content (AvgIpc) is 2.53. The Morgan fingerprint density at radius 1 is 1.24 bits per heavy atom. The molecule has 1 aromatic carbocycles.